The SMILES string of the molecule is CC[C@H](C)C(=O)O[C@H]1C[C@H](O)C=C2C=C[C@H](C)[C@H](CC[C@@H](O)C[C@@H](O)CC([O-])=[OH+])[C@H]21.[Na+]. The van der Waals surface area contributed by atoms with Gasteiger partial charge in [-0.2, -0.15) is 0 Å². The summed E-state index contributed by atoms with van der Waals surface area (Å²) in [6, 6.07) is 0. The third kappa shape index (κ3) is 8.30. The Morgan fingerprint density at radius 3 is 2.65 bits per heavy atom. The van der Waals surface area contributed by atoms with Crippen molar-refractivity contribution in [2.24, 2.45) is 23.7 Å². The molecule has 0 radical (unpaired) electrons. The molecular formula is C23H36NaO7+. The van der Waals surface area contributed by atoms with Crippen LogP contribution in [0.15, 0.2) is 23.8 Å². The monoisotopic (exact) mass is 447 g/mol. The smallest absolute Gasteiger partial charge is 0.481 e. The molecule has 2 aliphatic rings. The van der Waals surface area contributed by atoms with Crippen molar-refractivity contribution in [3.63, 3.8) is 0 Å². The van der Waals surface area contributed by atoms with Gasteiger partial charge in [0, 0.05) is 12.3 Å². The number of allylic oxidation sites excluding steroid dienone is 2. The number of carboxylic acids is 1. The molecule has 0 spiro atoms. The predicted octanol–water partition coefficient (Wildman–Crippen LogP) is -1.91. The van der Waals surface area contributed by atoms with Gasteiger partial charge in [-0.25, -0.2) is 0 Å². The van der Waals surface area contributed by atoms with Crippen LogP contribution >= 0.6 is 0 Å². The first-order valence-corrected chi connectivity index (χ1v) is 11.0. The van der Waals surface area contributed by atoms with Gasteiger partial charge in [0.05, 0.1) is 30.7 Å². The van der Waals surface area contributed by atoms with Crippen molar-refractivity contribution >= 4 is 11.9 Å². The first-order chi connectivity index (χ1) is 14.1. The molecule has 0 aromatic rings. The van der Waals surface area contributed by atoms with E-state index in [1.54, 1.807) is 0 Å². The summed E-state index contributed by atoms with van der Waals surface area (Å²) >= 11 is 0. The molecule has 2 rings (SSSR count). The zero-order chi connectivity index (χ0) is 22.4. The van der Waals surface area contributed by atoms with Crippen LogP contribution in [0.5, 0.6) is 0 Å². The summed E-state index contributed by atoms with van der Waals surface area (Å²) in [5.74, 6) is -1.31. The second kappa shape index (κ2) is 13.1. The van der Waals surface area contributed by atoms with Gasteiger partial charge in [0.25, 0.3) is 0 Å². The van der Waals surface area contributed by atoms with Crippen molar-refractivity contribution in [3.05, 3.63) is 23.8 Å². The maximum absolute atomic E-state index is 12.4. The van der Waals surface area contributed by atoms with Crippen LogP contribution in [0.4, 0.5) is 0 Å². The zero-order valence-corrected chi connectivity index (χ0v) is 21.1. The molecule has 0 aromatic carbocycles. The molecule has 170 valence electrons. The number of carbonyl (C=O) groups is 1. The van der Waals surface area contributed by atoms with Crippen LogP contribution in [0.25, 0.3) is 0 Å². The summed E-state index contributed by atoms with van der Waals surface area (Å²) in [6.45, 7) is 5.85. The number of rotatable bonds is 10. The first-order valence-electron chi connectivity index (χ1n) is 11.0. The number of ether oxygens (including phenoxy) is 1. The van der Waals surface area contributed by atoms with E-state index in [1.807, 2.05) is 26.0 Å². The Morgan fingerprint density at radius 1 is 1.35 bits per heavy atom. The molecule has 0 amide bonds. The normalized spacial score (nSPS) is 30.3. The second-order valence-electron chi connectivity index (χ2n) is 8.88. The molecule has 8 atom stereocenters. The van der Waals surface area contributed by atoms with E-state index >= 15 is 0 Å². The molecule has 7 nitrogen and oxygen atoms in total. The number of aliphatic hydroxyl groups excluding tert-OH is 3. The molecule has 0 unspecified atom stereocenters. The summed E-state index contributed by atoms with van der Waals surface area (Å²) in [7, 11) is 0. The molecule has 8 heteroatoms. The van der Waals surface area contributed by atoms with Crippen LogP contribution in [-0.2, 0) is 9.53 Å². The van der Waals surface area contributed by atoms with Crippen molar-refractivity contribution < 1.29 is 64.3 Å². The molecule has 0 saturated carbocycles. The largest absolute Gasteiger partial charge is 1.00 e. The summed E-state index contributed by atoms with van der Waals surface area (Å²) < 4.78 is 5.84. The Balaban J connectivity index is 0.00000480. The van der Waals surface area contributed by atoms with E-state index in [4.69, 9.17) is 9.53 Å². The number of hydrogen-bond donors (Lipinski definition) is 3. The standard InChI is InChI=1S/C23H36O7.Na/c1-4-13(2)23(29)30-20-11-17(25)9-15-6-5-14(3)19(22(15)20)8-7-16(24)10-18(26)12-21(27)28;/h5-6,9,13-14,16-20,22,24-26H,4,7-8,10-12H2,1-3H3,(H,27,28);/q;+1/t13-,14-,16+,17+,18+,19-,20-,22-;/m0./s1. The van der Waals surface area contributed by atoms with Gasteiger partial charge in [-0.15, -0.1) is 0 Å². The van der Waals surface area contributed by atoms with E-state index in [-0.39, 0.29) is 72.0 Å². The number of aliphatic carboxylic acids is 1. The summed E-state index contributed by atoms with van der Waals surface area (Å²) in [6.07, 6.45) is 4.64. The van der Waals surface area contributed by atoms with Crippen LogP contribution in [0, 0.1) is 23.7 Å². The Kier molecular flexibility index (Phi) is 12.0. The van der Waals surface area contributed by atoms with Gasteiger partial charge in [-0.05, 0) is 43.1 Å². The number of hydrogen-bond acceptors (Lipinski definition) is 6. The van der Waals surface area contributed by atoms with Crippen molar-refractivity contribution in [3.8, 4) is 0 Å². The molecule has 4 N–H and O–H groups in total. The molecule has 0 aliphatic heterocycles. The molecule has 31 heavy (non-hydrogen) atoms. The molecule has 0 bridgehead atoms. The van der Waals surface area contributed by atoms with Crippen molar-refractivity contribution in [2.75, 3.05) is 0 Å². The summed E-state index contributed by atoms with van der Waals surface area (Å²) in [4.78, 5) is 21.2. The Labute approximate surface area is 206 Å². The van der Waals surface area contributed by atoms with Gasteiger partial charge >= 0.3 is 41.5 Å². The first kappa shape index (κ1) is 28.3. The summed E-state index contributed by atoms with van der Waals surface area (Å²) in [5.41, 5.74) is 0.958. The fourth-order valence-corrected chi connectivity index (χ4v) is 4.52. The average molecular weight is 448 g/mol. The zero-order valence-electron chi connectivity index (χ0n) is 19.1. The number of aliphatic hydroxyl groups is 3. The minimum atomic E-state index is -1.10. The fraction of sp³-hybridized carbons (Fsp3) is 0.739. The molecule has 2 aliphatic carbocycles. The maximum Gasteiger partial charge on any atom is 1.00 e. The second-order valence-corrected chi connectivity index (χ2v) is 8.88. The Bertz CT molecular complexity index is 662. The average Bonchev–Trinajstić information content (AvgIpc) is 2.65. The van der Waals surface area contributed by atoms with Crippen molar-refractivity contribution in [1.82, 2.24) is 0 Å². The van der Waals surface area contributed by atoms with Crippen LogP contribution in [0.1, 0.15) is 59.3 Å². The van der Waals surface area contributed by atoms with Crippen LogP contribution in [0.2, 0.25) is 0 Å². The molecule has 0 aromatic heterocycles. The van der Waals surface area contributed by atoms with Crippen molar-refractivity contribution in [2.45, 2.75) is 83.7 Å². The van der Waals surface area contributed by atoms with E-state index in [2.05, 4.69) is 13.0 Å². The Hall–Kier alpha value is -0.700. The van der Waals surface area contributed by atoms with E-state index in [9.17, 15) is 25.2 Å². The van der Waals surface area contributed by atoms with Gasteiger partial charge in [-0.3, -0.25) is 9.90 Å². The van der Waals surface area contributed by atoms with E-state index in [0.29, 0.717) is 25.7 Å². The topological polar surface area (TPSA) is 131 Å². The van der Waals surface area contributed by atoms with Crippen molar-refractivity contribution in [1.29, 1.82) is 0 Å². The molecule has 0 heterocycles. The number of esters is 1. The Morgan fingerprint density at radius 2 is 2.03 bits per heavy atom. The summed E-state index contributed by atoms with van der Waals surface area (Å²) in [5, 5.41) is 41.0. The van der Waals surface area contributed by atoms with Gasteiger partial charge in [0.2, 0.25) is 0 Å². The number of carbonyl (C=O) groups excluding carboxylic acids is 2. The fourth-order valence-electron chi connectivity index (χ4n) is 4.52. The van der Waals surface area contributed by atoms with E-state index in [0.717, 1.165) is 5.57 Å². The third-order valence-electron chi connectivity index (χ3n) is 6.44. The van der Waals surface area contributed by atoms with E-state index in [1.165, 1.54) is 0 Å². The molecule has 0 fully saturated rings. The maximum atomic E-state index is 12.4. The van der Waals surface area contributed by atoms with Gasteiger partial charge in [0.1, 0.15) is 6.10 Å². The number of fused-ring (bicyclic) bond motifs is 1. The van der Waals surface area contributed by atoms with Gasteiger partial charge in [0.15, 0.2) is 0 Å². The molecular weight excluding hydrogens is 411 g/mol. The van der Waals surface area contributed by atoms with Crippen LogP contribution in [-0.4, -0.2) is 56.5 Å². The number of carboxylic acid groups (broad SMARTS) is 1. The quantitative estimate of drug-likeness (QED) is 0.203. The van der Waals surface area contributed by atoms with E-state index < -0.39 is 30.4 Å². The molecule has 0 saturated heterocycles. The third-order valence-corrected chi connectivity index (χ3v) is 6.44. The minimum absolute atomic E-state index is 0. The van der Waals surface area contributed by atoms with Crippen LogP contribution in [0.3, 0.4) is 0 Å². The van der Waals surface area contributed by atoms with Gasteiger partial charge in [-0.1, -0.05) is 39.0 Å². The minimum Gasteiger partial charge on any atom is -0.481 e. The predicted molar refractivity (Wildman–Crippen MR) is 111 cm³/mol. The van der Waals surface area contributed by atoms with Gasteiger partial charge < -0.3 is 24.9 Å². The van der Waals surface area contributed by atoms with Crippen LogP contribution < -0.4 is 34.7 Å².